The van der Waals surface area contributed by atoms with Crippen molar-refractivity contribution in [1.29, 1.82) is 0 Å². The van der Waals surface area contributed by atoms with Gasteiger partial charge in [0.25, 0.3) is 0 Å². The van der Waals surface area contributed by atoms with Crippen LogP contribution in [0.3, 0.4) is 0 Å². The standard InChI is InChI=1S/C25H19F3N2O/c26-25(27,28)22-8-4-5-18(11-22)15-31-16-19-9-10-23(20-6-2-1-3-7-20)24(12-19)21-13-29-17-30-14-21/h1-14,17H,15-16H2. The number of benzene rings is 3. The van der Waals surface area contributed by atoms with E-state index in [2.05, 4.69) is 9.97 Å². The first-order valence-corrected chi connectivity index (χ1v) is 9.68. The third-order valence-electron chi connectivity index (χ3n) is 4.83. The molecule has 1 heterocycles. The fourth-order valence-electron chi connectivity index (χ4n) is 3.35. The fourth-order valence-corrected chi connectivity index (χ4v) is 3.35. The molecule has 0 atom stereocenters. The Labute approximate surface area is 178 Å². The molecule has 0 aliphatic carbocycles. The Morgan fingerprint density at radius 3 is 2.10 bits per heavy atom. The first-order valence-electron chi connectivity index (χ1n) is 9.68. The molecular weight excluding hydrogens is 401 g/mol. The minimum absolute atomic E-state index is 0.0914. The summed E-state index contributed by atoms with van der Waals surface area (Å²) in [6.45, 7) is 0.361. The molecule has 0 amide bonds. The second kappa shape index (κ2) is 9.10. The summed E-state index contributed by atoms with van der Waals surface area (Å²) < 4.78 is 44.4. The van der Waals surface area contributed by atoms with E-state index in [1.54, 1.807) is 18.5 Å². The molecule has 0 N–H and O–H groups in total. The van der Waals surface area contributed by atoms with Crippen molar-refractivity contribution in [2.24, 2.45) is 0 Å². The van der Waals surface area contributed by atoms with Crippen molar-refractivity contribution in [2.75, 3.05) is 0 Å². The molecule has 4 aromatic rings. The average Bonchev–Trinajstić information content (AvgIpc) is 2.80. The van der Waals surface area contributed by atoms with Crippen LogP contribution in [-0.2, 0) is 24.1 Å². The molecule has 3 nitrogen and oxygen atoms in total. The maximum absolute atomic E-state index is 12.9. The van der Waals surface area contributed by atoms with Gasteiger partial charge in [-0.25, -0.2) is 9.97 Å². The number of halogens is 3. The summed E-state index contributed by atoms with van der Waals surface area (Å²) in [5.74, 6) is 0. The minimum atomic E-state index is -4.37. The monoisotopic (exact) mass is 420 g/mol. The van der Waals surface area contributed by atoms with Gasteiger partial charge in [-0.1, -0.05) is 54.6 Å². The van der Waals surface area contributed by atoms with Crippen LogP contribution in [0.15, 0.2) is 91.5 Å². The Bertz CT molecular complexity index is 1150. The van der Waals surface area contributed by atoms with Crippen molar-refractivity contribution in [3.8, 4) is 22.3 Å². The number of nitrogens with zero attached hydrogens (tertiary/aromatic N) is 2. The molecule has 0 radical (unpaired) electrons. The summed E-state index contributed by atoms with van der Waals surface area (Å²) in [6, 6.07) is 21.2. The van der Waals surface area contributed by atoms with Crippen LogP contribution in [0.5, 0.6) is 0 Å². The van der Waals surface area contributed by atoms with Crippen LogP contribution in [0.25, 0.3) is 22.3 Å². The van der Waals surface area contributed by atoms with Gasteiger partial charge in [0.05, 0.1) is 18.8 Å². The third kappa shape index (κ3) is 5.16. The van der Waals surface area contributed by atoms with E-state index in [4.69, 9.17) is 4.74 Å². The van der Waals surface area contributed by atoms with E-state index < -0.39 is 11.7 Å². The Balaban J connectivity index is 1.55. The minimum Gasteiger partial charge on any atom is -0.372 e. The largest absolute Gasteiger partial charge is 0.416 e. The lowest BCUT2D eigenvalue weighted by Gasteiger charge is -2.13. The van der Waals surface area contributed by atoms with Crippen molar-refractivity contribution in [3.63, 3.8) is 0 Å². The van der Waals surface area contributed by atoms with Crippen molar-refractivity contribution in [1.82, 2.24) is 9.97 Å². The predicted octanol–water partition coefficient (Wildman–Crippen LogP) is 6.55. The molecule has 0 bridgehead atoms. The molecule has 1 aromatic heterocycles. The summed E-state index contributed by atoms with van der Waals surface area (Å²) in [6.07, 6.45) is 0.619. The number of hydrogen-bond donors (Lipinski definition) is 0. The Morgan fingerprint density at radius 1 is 0.677 bits per heavy atom. The number of rotatable bonds is 6. The summed E-state index contributed by atoms with van der Waals surface area (Å²) in [4.78, 5) is 8.24. The quantitative estimate of drug-likeness (QED) is 0.355. The molecule has 6 heteroatoms. The molecule has 0 aliphatic rings. The second-order valence-corrected chi connectivity index (χ2v) is 7.06. The van der Waals surface area contributed by atoms with Crippen molar-refractivity contribution >= 4 is 0 Å². The first kappa shape index (κ1) is 20.8. The van der Waals surface area contributed by atoms with Gasteiger partial charge >= 0.3 is 6.18 Å². The zero-order valence-corrected chi connectivity index (χ0v) is 16.5. The predicted molar refractivity (Wildman–Crippen MR) is 113 cm³/mol. The first-order chi connectivity index (χ1) is 15.0. The van der Waals surface area contributed by atoms with E-state index in [0.717, 1.165) is 39.9 Å². The molecule has 0 saturated carbocycles. The topological polar surface area (TPSA) is 35.0 Å². The lowest BCUT2D eigenvalue weighted by molar-refractivity contribution is -0.137. The Kier molecular flexibility index (Phi) is 6.09. The fraction of sp³-hybridized carbons (Fsp3) is 0.120. The molecule has 0 aliphatic heterocycles. The van der Waals surface area contributed by atoms with E-state index in [0.29, 0.717) is 5.56 Å². The average molecular weight is 420 g/mol. The molecule has 0 saturated heterocycles. The van der Waals surface area contributed by atoms with Crippen LogP contribution in [-0.4, -0.2) is 9.97 Å². The lowest BCUT2D eigenvalue weighted by atomic mass is 9.94. The van der Waals surface area contributed by atoms with E-state index in [9.17, 15) is 13.2 Å². The Hall–Kier alpha value is -3.51. The highest BCUT2D eigenvalue weighted by molar-refractivity contribution is 5.83. The van der Waals surface area contributed by atoms with Gasteiger partial charge in [0, 0.05) is 18.0 Å². The van der Waals surface area contributed by atoms with Crippen molar-refractivity contribution in [2.45, 2.75) is 19.4 Å². The molecule has 31 heavy (non-hydrogen) atoms. The van der Waals surface area contributed by atoms with Gasteiger partial charge in [0.2, 0.25) is 0 Å². The zero-order valence-electron chi connectivity index (χ0n) is 16.5. The maximum atomic E-state index is 12.9. The molecular formula is C25H19F3N2O. The van der Waals surface area contributed by atoms with Gasteiger partial charge in [-0.15, -0.1) is 0 Å². The van der Waals surface area contributed by atoms with Crippen LogP contribution >= 0.6 is 0 Å². The van der Waals surface area contributed by atoms with Gasteiger partial charge in [0.1, 0.15) is 6.33 Å². The van der Waals surface area contributed by atoms with E-state index in [-0.39, 0.29) is 13.2 Å². The van der Waals surface area contributed by atoms with Crippen LogP contribution in [0.2, 0.25) is 0 Å². The van der Waals surface area contributed by atoms with Crippen LogP contribution in [0.4, 0.5) is 13.2 Å². The number of alkyl halides is 3. The highest BCUT2D eigenvalue weighted by Crippen LogP contribution is 2.33. The van der Waals surface area contributed by atoms with E-state index in [1.165, 1.54) is 12.4 Å². The second-order valence-electron chi connectivity index (χ2n) is 7.06. The highest BCUT2D eigenvalue weighted by Gasteiger charge is 2.30. The molecule has 0 fully saturated rings. The van der Waals surface area contributed by atoms with Gasteiger partial charge < -0.3 is 4.74 Å². The summed E-state index contributed by atoms with van der Waals surface area (Å²) in [5.41, 5.74) is 4.66. The highest BCUT2D eigenvalue weighted by atomic mass is 19.4. The normalized spacial score (nSPS) is 11.5. The summed E-state index contributed by atoms with van der Waals surface area (Å²) >= 11 is 0. The molecule has 4 rings (SSSR count). The molecule has 3 aromatic carbocycles. The number of hydrogen-bond acceptors (Lipinski definition) is 3. The van der Waals surface area contributed by atoms with Crippen LogP contribution in [0.1, 0.15) is 16.7 Å². The molecule has 156 valence electrons. The third-order valence-corrected chi connectivity index (χ3v) is 4.83. The smallest absolute Gasteiger partial charge is 0.372 e. The molecule has 0 unspecified atom stereocenters. The zero-order chi connectivity index (χ0) is 21.7. The van der Waals surface area contributed by atoms with Gasteiger partial charge in [-0.05, 0) is 46.0 Å². The SMILES string of the molecule is FC(F)(F)c1cccc(COCc2ccc(-c3ccccc3)c(-c3cncnc3)c2)c1. The Morgan fingerprint density at radius 2 is 1.39 bits per heavy atom. The van der Waals surface area contributed by atoms with Crippen LogP contribution < -0.4 is 0 Å². The molecule has 0 spiro atoms. The van der Waals surface area contributed by atoms with E-state index >= 15 is 0 Å². The lowest BCUT2D eigenvalue weighted by Crippen LogP contribution is -2.05. The maximum Gasteiger partial charge on any atom is 0.416 e. The van der Waals surface area contributed by atoms with Crippen LogP contribution in [0, 0.1) is 0 Å². The summed E-state index contributed by atoms with van der Waals surface area (Å²) in [7, 11) is 0. The van der Waals surface area contributed by atoms with Gasteiger partial charge in [-0.2, -0.15) is 13.2 Å². The van der Waals surface area contributed by atoms with Crippen molar-refractivity contribution in [3.05, 3.63) is 108 Å². The number of ether oxygens (including phenoxy) is 1. The van der Waals surface area contributed by atoms with Crippen molar-refractivity contribution < 1.29 is 17.9 Å². The van der Waals surface area contributed by atoms with E-state index in [1.807, 2.05) is 48.5 Å². The summed E-state index contributed by atoms with van der Waals surface area (Å²) in [5, 5.41) is 0. The van der Waals surface area contributed by atoms with Gasteiger partial charge in [0.15, 0.2) is 0 Å². The van der Waals surface area contributed by atoms with Gasteiger partial charge in [-0.3, -0.25) is 0 Å². The number of aromatic nitrogens is 2.